The normalized spacial score (nSPS) is 11.6. The van der Waals surface area contributed by atoms with Gasteiger partial charge < -0.3 is 0 Å². The van der Waals surface area contributed by atoms with E-state index in [1.165, 1.54) is 38.5 Å². The van der Waals surface area contributed by atoms with Gasteiger partial charge >= 0.3 is 0 Å². The van der Waals surface area contributed by atoms with Crippen LogP contribution in [-0.4, -0.2) is 18.7 Å². The highest BCUT2D eigenvalue weighted by Gasteiger charge is 2.02. The van der Waals surface area contributed by atoms with Gasteiger partial charge in [0, 0.05) is 0 Å². The maximum Gasteiger partial charge on any atom is 0.264 e. The molecule has 1 N–H and O–H groups in total. The molecule has 102 valence electrons. The number of unbranched alkanes of at least 4 members (excludes halogenated alkanes) is 9. The molecule has 4 heteroatoms. The molecule has 0 heterocycles. The third-order valence-corrected chi connectivity index (χ3v) is 3.62. The zero-order valence-electron chi connectivity index (χ0n) is 10.7. The fourth-order valence-electron chi connectivity index (χ4n) is 1.81. The van der Waals surface area contributed by atoms with Gasteiger partial charge in [0.2, 0.25) is 0 Å². The predicted molar refractivity (Wildman–Crippen MR) is 72.8 cm³/mol. The summed E-state index contributed by atoms with van der Waals surface area (Å²) in [6.07, 6.45) is 13.1. The summed E-state index contributed by atoms with van der Waals surface area (Å²) < 4.78 is 29.4. The van der Waals surface area contributed by atoms with Crippen molar-refractivity contribution in [2.24, 2.45) is 0 Å². The fourth-order valence-corrected chi connectivity index (χ4v) is 2.38. The summed E-state index contributed by atoms with van der Waals surface area (Å²) >= 11 is 0. The molecule has 0 bridgehead atoms. The van der Waals surface area contributed by atoms with E-state index in [1.807, 2.05) is 6.08 Å². The minimum Gasteiger partial charge on any atom is -0.286 e. The van der Waals surface area contributed by atoms with Crippen LogP contribution in [0.3, 0.4) is 0 Å². The maximum atomic E-state index is 10.4. The standard InChI is InChI=1S/C13H26O3S/c1-2-3-4-5-6-7-8-9-10-11-12-13-17(14,15)16/h2H,1,3-13H2,(H,14,15,16). The third-order valence-electron chi connectivity index (χ3n) is 2.81. The summed E-state index contributed by atoms with van der Waals surface area (Å²) in [5.41, 5.74) is 0. The molecule has 0 aliphatic carbocycles. The monoisotopic (exact) mass is 262 g/mol. The van der Waals surface area contributed by atoms with Gasteiger partial charge in [0.05, 0.1) is 5.75 Å². The van der Waals surface area contributed by atoms with E-state index in [9.17, 15) is 8.42 Å². The SMILES string of the molecule is C=CCCCCCCCCCCCS(=O)(=O)O. The molecule has 17 heavy (non-hydrogen) atoms. The van der Waals surface area contributed by atoms with Crippen molar-refractivity contribution in [3.63, 3.8) is 0 Å². The van der Waals surface area contributed by atoms with E-state index in [1.54, 1.807) is 0 Å². The molecular weight excluding hydrogens is 236 g/mol. The Hall–Kier alpha value is -0.350. The molecule has 0 aromatic carbocycles. The lowest BCUT2D eigenvalue weighted by atomic mass is 10.1. The average molecular weight is 262 g/mol. The number of hydrogen-bond donors (Lipinski definition) is 1. The Morgan fingerprint density at radius 2 is 1.24 bits per heavy atom. The second-order valence-electron chi connectivity index (χ2n) is 4.55. The molecule has 0 saturated heterocycles. The Bertz CT molecular complexity index is 270. The molecule has 0 fully saturated rings. The molecule has 0 aliphatic rings. The first-order valence-electron chi connectivity index (χ1n) is 6.62. The van der Waals surface area contributed by atoms with Crippen molar-refractivity contribution in [1.29, 1.82) is 0 Å². The van der Waals surface area contributed by atoms with Crippen molar-refractivity contribution >= 4 is 10.1 Å². The largest absolute Gasteiger partial charge is 0.286 e. The molecule has 3 nitrogen and oxygen atoms in total. The molecular formula is C13H26O3S. The van der Waals surface area contributed by atoms with Gasteiger partial charge in [0.15, 0.2) is 0 Å². The topological polar surface area (TPSA) is 54.4 Å². The zero-order chi connectivity index (χ0) is 13.0. The molecule has 0 unspecified atom stereocenters. The quantitative estimate of drug-likeness (QED) is 0.329. The summed E-state index contributed by atoms with van der Waals surface area (Å²) in [4.78, 5) is 0. The van der Waals surface area contributed by atoms with Crippen molar-refractivity contribution in [2.45, 2.75) is 64.2 Å². The third kappa shape index (κ3) is 15.6. The van der Waals surface area contributed by atoms with Crippen LogP contribution in [0.5, 0.6) is 0 Å². The van der Waals surface area contributed by atoms with Crippen LogP contribution < -0.4 is 0 Å². The maximum absolute atomic E-state index is 10.4. The molecule has 0 saturated carbocycles. The highest BCUT2D eigenvalue weighted by molar-refractivity contribution is 7.85. The van der Waals surface area contributed by atoms with Crippen LogP contribution in [0.1, 0.15) is 64.2 Å². The number of rotatable bonds is 12. The Morgan fingerprint density at radius 1 is 0.824 bits per heavy atom. The average Bonchev–Trinajstić information content (AvgIpc) is 2.24. The molecule has 0 rings (SSSR count). The Balaban J connectivity index is 3.06. The summed E-state index contributed by atoms with van der Waals surface area (Å²) in [5, 5.41) is 0. The van der Waals surface area contributed by atoms with Crippen LogP contribution in [0.4, 0.5) is 0 Å². The highest BCUT2D eigenvalue weighted by atomic mass is 32.2. The molecule has 0 aromatic rings. The van der Waals surface area contributed by atoms with Crippen molar-refractivity contribution < 1.29 is 13.0 Å². The van der Waals surface area contributed by atoms with Gasteiger partial charge in [-0.05, 0) is 19.3 Å². The lowest BCUT2D eigenvalue weighted by Gasteiger charge is -2.01. The second-order valence-corrected chi connectivity index (χ2v) is 6.12. The van der Waals surface area contributed by atoms with E-state index in [2.05, 4.69) is 6.58 Å². The van der Waals surface area contributed by atoms with Gasteiger partial charge in [0.25, 0.3) is 10.1 Å². The summed E-state index contributed by atoms with van der Waals surface area (Å²) in [5.74, 6) is -0.0887. The number of hydrogen-bond acceptors (Lipinski definition) is 2. The van der Waals surface area contributed by atoms with Gasteiger partial charge in [-0.3, -0.25) is 4.55 Å². The van der Waals surface area contributed by atoms with E-state index in [-0.39, 0.29) is 5.75 Å². The Labute approximate surface area is 106 Å². The van der Waals surface area contributed by atoms with Crippen LogP contribution in [-0.2, 0) is 10.1 Å². The van der Waals surface area contributed by atoms with Crippen LogP contribution in [0.15, 0.2) is 12.7 Å². The predicted octanol–water partition coefficient (Wildman–Crippen LogP) is 3.96. The van der Waals surface area contributed by atoms with Crippen molar-refractivity contribution in [1.82, 2.24) is 0 Å². The second kappa shape index (κ2) is 10.8. The first-order chi connectivity index (χ1) is 8.06. The van der Waals surface area contributed by atoms with E-state index in [0.29, 0.717) is 6.42 Å². The first-order valence-corrected chi connectivity index (χ1v) is 8.23. The highest BCUT2D eigenvalue weighted by Crippen LogP contribution is 2.10. The van der Waals surface area contributed by atoms with Crippen molar-refractivity contribution in [2.75, 3.05) is 5.75 Å². The Kier molecular flexibility index (Phi) is 10.6. The molecule has 0 spiro atoms. The smallest absolute Gasteiger partial charge is 0.264 e. The summed E-state index contributed by atoms with van der Waals surface area (Å²) in [7, 11) is -3.74. The minimum absolute atomic E-state index is 0.0887. The van der Waals surface area contributed by atoms with E-state index in [0.717, 1.165) is 19.3 Å². The van der Waals surface area contributed by atoms with E-state index >= 15 is 0 Å². The molecule has 0 aliphatic heterocycles. The zero-order valence-corrected chi connectivity index (χ0v) is 11.6. The van der Waals surface area contributed by atoms with Crippen LogP contribution in [0, 0.1) is 0 Å². The lowest BCUT2D eigenvalue weighted by Crippen LogP contribution is -2.03. The van der Waals surface area contributed by atoms with Crippen LogP contribution in [0.25, 0.3) is 0 Å². The Morgan fingerprint density at radius 3 is 1.65 bits per heavy atom. The molecule has 0 amide bonds. The first kappa shape index (κ1) is 16.6. The summed E-state index contributed by atoms with van der Waals surface area (Å²) in [6, 6.07) is 0. The lowest BCUT2D eigenvalue weighted by molar-refractivity contribution is 0.478. The van der Waals surface area contributed by atoms with Gasteiger partial charge in [-0.25, -0.2) is 0 Å². The van der Waals surface area contributed by atoms with Crippen molar-refractivity contribution in [3.8, 4) is 0 Å². The molecule has 0 atom stereocenters. The van der Waals surface area contributed by atoms with Gasteiger partial charge in [0.1, 0.15) is 0 Å². The van der Waals surface area contributed by atoms with Gasteiger partial charge in [-0.1, -0.05) is 51.0 Å². The van der Waals surface area contributed by atoms with Crippen molar-refractivity contribution in [3.05, 3.63) is 12.7 Å². The minimum atomic E-state index is -3.74. The van der Waals surface area contributed by atoms with E-state index in [4.69, 9.17) is 4.55 Å². The number of allylic oxidation sites excluding steroid dienone is 1. The van der Waals surface area contributed by atoms with Crippen LogP contribution in [0.2, 0.25) is 0 Å². The summed E-state index contributed by atoms with van der Waals surface area (Å²) in [6.45, 7) is 3.69. The fraction of sp³-hybridized carbons (Fsp3) is 0.846. The van der Waals surface area contributed by atoms with Gasteiger partial charge in [-0.2, -0.15) is 8.42 Å². The van der Waals surface area contributed by atoms with Crippen LogP contribution >= 0.6 is 0 Å². The molecule has 0 radical (unpaired) electrons. The van der Waals surface area contributed by atoms with Gasteiger partial charge in [-0.15, -0.1) is 6.58 Å². The molecule has 0 aromatic heterocycles. The van der Waals surface area contributed by atoms with E-state index < -0.39 is 10.1 Å².